The number of rotatable bonds is 2. The molecule has 72 valence electrons. The summed E-state index contributed by atoms with van der Waals surface area (Å²) in [6, 6.07) is 2.97. The van der Waals surface area contributed by atoms with E-state index in [-0.39, 0.29) is 5.69 Å². The zero-order valence-corrected chi connectivity index (χ0v) is 7.34. The normalized spacial score (nSPS) is 10.4. The lowest BCUT2D eigenvalue weighted by Gasteiger charge is -2.02. The van der Waals surface area contributed by atoms with Gasteiger partial charge in [0.2, 0.25) is 0 Å². The molecule has 0 aliphatic rings. The van der Waals surface area contributed by atoms with Crippen LogP contribution in [0.4, 0.5) is 0 Å². The van der Waals surface area contributed by atoms with E-state index in [0.717, 1.165) is 0 Å². The Morgan fingerprint density at radius 2 is 2.36 bits per heavy atom. The van der Waals surface area contributed by atoms with Crippen molar-refractivity contribution in [3.05, 3.63) is 24.2 Å². The number of carboxylic acids is 1. The van der Waals surface area contributed by atoms with E-state index in [0.29, 0.717) is 11.4 Å². The van der Waals surface area contributed by atoms with Gasteiger partial charge in [-0.15, -0.1) is 0 Å². The van der Waals surface area contributed by atoms with Crippen LogP contribution in [0.25, 0.3) is 5.65 Å². The number of carboxylic acid groups (broad SMARTS) is 1. The van der Waals surface area contributed by atoms with Crippen LogP contribution in [0.15, 0.2) is 18.5 Å². The van der Waals surface area contributed by atoms with Gasteiger partial charge in [0, 0.05) is 0 Å². The van der Waals surface area contributed by atoms with Gasteiger partial charge in [0.1, 0.15) is 6.33 Å². The van der Waals surface area contributed by atoms with Gasteiger partial charge in [0.05, 0.1) is 7.11 Å². The molecule has 2 heterocycles. The van der Waals surface area contributed by atoms with Crippen molar-refractivity contribution in [1.82, 2.24) is 14.6 Å². The SMILES string of the molecule is COc1ccc(C(=O)O)n2ncnc12. The second-order valence-corrected chi connectivity index (χ2v) is 2.59. The molecule has 0 atom stereocenters. The molecule has 2 aromatic rings. The predicted octanol–water partition coefficient (Wildman–Crippen LogP) is 0.436. The lowest BCUT2D eigenvalue weighted by molar-refractivity contribution is 0.0687. The molecule has 0 aliphatic carbocycles. The molecule has 6 heteroatoms. The lowest BCUT2D eigenvalue weighted by Crippen LogP contribution is -2.06. The maximum Gasteiger partial charge on any atom is 0.354 e. The highest BCUT2D eigenvalue weighted by Gasteiger charge is 2.12. The van der Waals surface area contributed by atoms with Crippen LogP contribution >= 0.6 is 0 Å². The average molecular weight is 193 g/mol. The minimum atomic E-state index is -1.05. The molecular formula is C8H7N3O3. The van der Waals surface area contributed by atoms with Crippen LogP contribution in [0.1, 0.15) is 10.5 Å². The van der Waals surface area contributed by atoms with E-state index in [1.807, 2.05) is 0 Å². The number of pyridine rings is 1. The van der Waals surface area contributed by atoms with Crippen molar-refractivity contribution >= 4 is 11.6 Å². The summed E-state index contributed by atoms with van der Waals surface area (Å²) < 4.78 is 6.23. The van der Waals surface area contributed by atoms with Crippen LogP contribution in [0.3, 0.4) is 0 Å². The van der Waals surface area contributed by atoms with E-state index in [4.69, 9.17) is 9.84 Å². The third-order valence-electron chi connectivity index (χ3n) is 1.83. The maximum absolute atomic E-state index is 10.8. The van der Waals surface area contributed by atoms with E-state index >= 15 is 0 Å². The Morgan fingerprint density at radius 3 is 3.00 bits per heavy atom. The van der Waals surface area contributed by atoms with Crippen LogP contribution in [0, 0.1) is 0 Å². The second kappa shape index (κ2) is 2.99. The minimum absolute atomic E-state index is 0.0540. The zero-order valence-electron chi connectivity index (χ0n) is 7.34. The minimum Gasteiger partial charge on any atom is -0.493 e. The summed E-state index contributed by atoms with van der Waals surface area (Å²) in [5.41, 5.74) is 0.450. The molecule has 0 spiro atoms. The molecule has 2 rings (SSSR count). The molecular weight excluding hydrogens is 186 g/mol. The van der Waals surface area contributed by atoms with Crippen LogP contribution in [0.5, 0.6) is 5.75 Å². The number of nitrogens with zero attached hydrogens (tertiary/aromatic N) is 3. The van der Waals surface area contributed by atoms with Crippen molar-refractivity contribution in [2.45, 2.75) is 0 Å². The molecule has 1 N–H and O–H groups in total. The van der Waals surface area contributed by atoms with Gasteiger partial charge >= 0.3 is 5.97 Å². The van der Waals surface area contributed by atoms with Crippen LogP contribution < -0.4 is 4.74 Å². The van der Waals surface area contributed by atoms with E-state index in [1.54, 1.807) is 6.07 Å². The first-order valence-electron chi connectivity index (χ1n) is 3.84. The van der Waals surface area contributed by atoms with Gasteiger partial charge in [0.25, 0.3) is 0 Å². The van der Waals surface area contributed by atoms with Gasteiger partial charge < -0.3 is 9.84 Å². The summed E-state index contributed by atoms with van der Waals surface area (Å²) in [4.78, 5) is 14.7. The van der Waals surface area contributed by atoms with Gasteiger partial charge in [-0.1, -0.05) is 0 Å². The second-order valence-electron chi connectivity index (χ2n) is 2.59. The van der Waals surface area contributed by atoms with Crippen LogP contribution in [-0.2, 0) is 0 Å². The Morgan fingerprint density at radius 1 is 1.57 bits per heavy atom. The summed E-state index contributed by atoms with van der Waals surface area (Å²) in [5, 5.41) is 12.6. The summed E-state index contributed by atoms with van der Waals surface area (Å²) in [5.74, 6) is -0.560. The number of ether oxygens (including phenoxy) is 1. The highest BCUT2D eigenvalue weighted by Crippen LogP contribution is 2.17. The molecule has 0 bridgehead atoms. The molecule has 0 fully saturated rings. The summed E-state index contributed by atoms with van der Waals surface area (Å²) in [6.45, 7) is 0. The molecule has 0 saturated carbocycles. The lowest BCUT2D eigenvalue weighted by atomic mass is 10.3. The fraction of sp³-hybridized carbons (Fsp3) is 0.125. The van der Waals surface area contributed by atoms with E-state index in [2.05, 4.69) is 10.1 Å². The number of fused-ring (bicyclic) bond motifs is 1. The Hall–Kier alpha value is -2.11. The van der Waals surface area contributed by atoms with Gasteiger partial charge in [-0.25, -0.2) is 14.3 Å². The van der Waals surface area contributed by atoms with Crippen molar-refractivity contribution in [1.29, 1.82) is 0 Å². The standard InChI is InChI=1S/C8H7N3O3/c1-14-6-3-2-5(8(12)13)11-7(6)9-4-10-11/h2-4H,1H3,(H,12,13). The van der Waals surface area contributed by atoms with Gasteiger partial charge in [-0.3, -0.25) is 0 Å². The highest BCUT2D eigenvalue weighted by molar-refractivity contribution is 5.86. The molecule has 6 nitrogen and oxygen atoms in total. The number of aromatic carboxylic acids is 1. The number of aromatic nitrogens is 3. The van der Waals surface area contributed by atoms with Crippen LogP contribution in [0.2, 0.25) is 0 Å². The smallest absolute Gasteiger partial charge is 0.354 e. The topological polar surface area (TPSA) is 76.7 Å². The van der Waals surface area contributed by atoms with Gasteiger partial charge in [0.15, 0.2) is 17.1 Å². The fourth-order valence-corrected chi connectivity index (χ4v) is 1.21. The molecule has 0 aromatic carbocycles. The largest absolute Gasteiger partial charge is 0.493 e. The summed E-state index contributed by atoms with van der Waals surface area (Å²) in [7, 11) is 1.49. The Balaban J connectivity index is 2.78. The van der Waals surface area contributed by atoms with Crippen molar-refractivity contribution in [3.63, 3.8) is 0 Å². The predicted molar refractivity (Wildman–Crippen MR) is 46.5 cm³/mol. The molecule has 0 unspecified atom stereocenters. The summed E-state index contributed by atoms with van der Waals surface area (Å²) >= 11 is 0. The highest BCUT2D eigenvalue weighted by atomic mass is 16.5. The monoisotopic (exact) mass is 193 g/mol. The van der Waals surface area contributed by atoms with E-state index < -0.39 is 5.97 Å². The van der Waals surface area contributed by atoms with Crippen molar-refractivity contribution in [2.75, 3.05) is 7.11 Å². The molecule has 0 saturated heterocycles. The quantitative estimate of drug-likeness (QED) is 0.748. The van der Waals surface area contributed by atoms with Gasteiger partial charge in [-0.2, -0.15) is 5.10 Å². The average Bonchev–Trinajstić information content (AvgIpc) is 2.64. The molecule has 14 heavy (non-hydrogen) atoms. The van der Waals surface area contributed by atoms with Crippen molar-refractivity contribution in [2.24, 2.45) is 0 Å². The van der Waals surface area contributed by atoms with Gasteiger partial charge in [-0.05, 0) is 12.1 Å². The Bertz CT molecular complexity index is 492. The molecule has 0 aliphatic heterocycles. The van der Waals surface area contributed by atoms with Crippen molar-refractivity contribution in [3.8, 4) is 5.75 Å². The zero-order chi connectivity index (χ0) is 10.1. The first-order valence-corrected chi connectivity index (χ1v) is 3.84. The number of carbonyl (C=O) groups is 1. The van der Waals surface area contributed by atoms with E-state index in [1.165, 1.54) is 24.0 Å². The van der Waals surface area contributed by atoms with E-state index in [9.17, 15) is 4.79 Å². The third-order valence-corrected chi connectivity index (χ3v) is 1.83. The first kappa shape index (κ1) is 8.49. The van der Waals surface area contributed by atoms with Crippen molar-refractivity contribution < 1.29 is 14.6 Å². The first-order chi connectivity index (χ1) is 6.74. The number of hydrogen-bond acceptors (Lipinski definition) is 4. The molecule has 0 amide bonds. The molecule has 2 aromatic heterocycles. The molecule has 0 radical (unpaired) electrons. The number of methoxy groups -OCH3 is 1. The van der Waals surface area contributed by atoms with Crippen LogP contribution in [-0.4, -0.2) is 32.8 Å². The maximum atomic E-state index is 10.8. The number of hydrogen-bond donors (Lipinski definition) is 1. The third kappa shape index (κ3) is 1.08. The summed E-state index contributed by atoms with van der Waals surface area (Å²) in [6.07, 6.45) is 1.28. The Kier molecular flexibility index (Phi) is 1.81. The Labute approximate surface area is 78.8 Å². The fourth-order valence-electron chi connectivity index (χ4n) is 1.21.